The standard InChI is InChI=1S/C24H31NO2/c1-17(2)16-27-22-11-6-5-10-21(22)14-20-12-13-23(26)25(15-20)24-18(3)8-7-9-19(24)4/h5-11,17,20H,12-16H2,1-4H3. The molecule has 0 aromatic heterocycles. The molecular weight excluding hydrogens is 334 g/mol. The van der Waals surface area contributed by atoms with Crippen molar-refractivity contribution in [2.45, 2.75) is 47.0 Å². The summed E-state index contributed by atoms with van der Waals surface area (Å²) in [7, 11) is 0. The Balaban J connectivity index is 1.77. The molecule has 0 N–H and O–H groups in total. The highest BCUT2D eigenvalue weighted by molar-refractivity contribution is 5.95. The molecule has 1 atom stereocenters. The Kier molecular flexibility index (Phi) is 6.20. The predicted octanol–water partition coefficient (Wildman–Crippen LogP) is 5.32. The number of piperidine rings is 1. The number of rotatable bonds is 6. The molecule has 144 valence electrons. The number of carbonyl (C=O) groups excluding carboxylic acids is 1. The second-order valence-corrected chi connectivity index (χ2v) is 8.17. The summed E-state index contributed by atoms with van der Waals surface area (Å²) < 4.78 is 6.03. The summed E-state index contributed by atoms with van der Waals surface area (Å²) in [5.74, 6) is 2.19. The summed E-state index contributed by atoms with van der Waals surface area (Å²) in [5.41, 5.74) is 4.69. The zero-order chi connectivity index (χ0) is 19.4. The molecule has 0 radical (unpaired) electrons. The van der Waals surface area contributed by atoms with Gasteiger partial charge in [0.15, 0.2) is 0 Å². The minimum atomic E-state index is 0.244. The maximum Gasteiger partial charge on any atom is 0.227 e. The smallest absolute Gasteiger partial charge is 0.227 e. The Morgan fingerprint density at radius 3 is 2.48 bits per heavy atom. The molecule has 1 fully saturated rings. The van der Waals surface area contributed by atoms with Crippen molar-refractivity contribution in [2.24, 2.45) is 11.8 Å². The molecule has 0 saturated carbocycles. The maximum atomic E-state index is 12.6. The highest BCUT2D eigenvalue weighted by atomic mass is 16.5. The predicted molar refractivity (Wildman–Crippen MR) is 111 cm³/mol. The van der Waals surface area contributed by atoms with Crippen LogP contribution in [0, 0.1) is 25.7 Å². The van der Waals surface area contributed by atoms with Crippen LogP contribution in [-0.4, -0.2) is 19.1 Å². The van der Waals surface area contributed by atoms with Crippen molar-refractivity contribution in [1.29, 1.82) is 0 Å². The lowest BCUT2D eigenvalue weighted by molar-refractivity contribution is -0.120. The number of benzene rings is 2. The van der Waals surface area contributed by atoms with Crippen LogP contribution in [0.2, 0.25) is 0 Å². The van der Waals surface area contributed by atoms with E-state index in [1.807, 2.05) is 11.0 Å². The van der Waals surface area contributed by atoms with Gasteiger partial charge in [0.2, 0.25) is 5.91 Å². The molecule has 3 nitrogen and oxygen atoms in total. The van der Waals surface area contributed by atoms with Crippen molar-refractivity contribution < 1.29 is 9.53 Å². The third kappa shape index (κ3) is 4.71. The number of para-hydroxylation sites is 2. The van der Waals surface area contributed by atoms with Crippen molar-refractivity contribution in [3.8, 4) is 5.75 Å². The summed E-state index contributed by atoms with van der Waals surface area (Å²) in [6, 6.07) is 14.6. The first kappa shape index (κ1) is 19.5. The second kappa shape index (κ2) is 8.60. The molecule has 1 saturated heterocycles. The number of hydrogen-bond donors (Lipinski definition) is 0. The number of amides is 1. The van der Waals surface area contributed by atoms with Gasteiger partial charge < -0.3 is 9.64 Å². The molecule has 2 aromatic rings. The number of carbonyl (C=O) groups is 1. The van der Waals surface area contributed by atoms with Gasteiger partial charge in [-0.05, 0) is 61.3 Å². The van der Waals surface area contributed by atoms with Crippen LogP contribution in [-0.2, 0) is 11.2 Å². The summed E-state index contributed by atoms with van der Waals surface area (Å²) in [4.78, 5) is 14.7. The molecule has 0 bridgehead atoms. The van der Waals surface area contributed by atoms with E-state index < -0.39 is 0 Å². The lowest BCUT2D eigenvalue weighted by atomic mass is 9.89. The van der Waals surface area contributed by atoms with E-state index in [0.717, 1.165) is 37.4 Å². The molecule has 3 rings (SSSR count). The Hall–Kier alpha value is -2.29. The first-order chi connectivity index (χ1) is 13.0. The van der Waals surface area contributed by atoms with E-state index in [9.17, 15) is 4.79 Å². The van der Waals surface area contributed by atoms with E-state index in [4.69, 9.17) is 4.74 Å². The van der Waals surface area contributed by atoms with Gasteiger partial charge in [0.05, 0.1) is 6.61 Å². The van der Waals surface area contributed by atoms with Crippen molar-refractivity contribution in [3.63, 3.8) is 0 Å². The zero-order valence-electron chi connectivity index (χ0n) is 17.0. The minimum absolute atomic E-state index is 0.244. The van der Waals surface area contributed by atoms with Crippen LogP contribution in [0.3, 0.4) is 0 Å². The molecule has 1 unspecified atom stereocenters. The van der Waals surface area contributed by atoms with Gasteiger partial charge in [-0.1, -0.05) is 50.2 Å². The number of aryl methyl sites for hydroxylation is 2. The number of ether oxygens (including phenoxy) is 1. The monoisotopic (exact) mass is 365 g/mol. The van der Waals surface area contributed by atoms with E-state index in [1.165, 1.54) is 16.7 Å². The van der Waals surface area contributed by atoms with Gasteiger partial charge in [-0.2, -0.15) is 0 Å². The highest BCUT2D eigenvalue weighted by Crippen LogP contribution is 2.32. The van der Waals surface area contributed by atoms with Crippen LogP contribution >= 0.6 is 0 Å². The molecule has 0 aliphatic carbocycles. The van der Waals surface area contributed by atoms with Gasteiger partial charge in [-0.25, -0.2) is 0 Å². The van der Waals surface area contributed by atoms with Crippen LogP contribution in [0.15, 0.2) is 42.5 Å². The van der Waals surface area contributed by atoms with E-state index in [1.54, 1.807) is 0 Å². The Bertz CT molecular complexity index is 776. The van der Waals surface area contributed by atoms with Gasteiger partial charge in [0.1, 0.15) is 5.75 Å². The lowest BCUT2D eigenvalue weighted by Crippen LogP contribution is -2.41. The Morgan fingerprint density at radius 1 is 1.07 bits per heavy atom. The summed E-state index contributed by atoms with van der Waals surface area (Å²) in [6.45, 7) is 10.0. The average Bonchev–Trinajstić information content (AvgIpc) is 2.63. The lowest BCUT2D eigenvalue weighted by Gasteiger charge is -2.34. The average molecular weight is 366 g/mol. The fourth-order valence-corrected chi connectivity index (χ4v) is 3.91. The van der Waals surface area contributed by atoms with Crippen molar-refractivity contribution >= 4 is 11.6 Å². The highest BCUT2D eigenvalue weighted by Gasteiger charge is 2.29. The van der Waals surface area contributed by atoms with Gasteiger partial charge in [0.25, 0.3) is 0 Å². The van der Waals surface area contributed by atoms with E-state index in [-0.39, 0.29) is 5.91 Å². The van der Waals surface area contributed by atoms with Crippen LogP contribution in [0.5, 0.6) is 5.75 Å². The van der Waals surface area contributed by atoms with Crippen LogP contribution in [0.25, 0.3) is 0 Å². The number of anilines is 1. The fraction of sp³-hybridized carbons (Fsp3) is 0.458. The molecule has 0 spiro atoms. The van der Waals surface area contributed by atoms with Gasteiger partial charge in [-0.15, -0.1) is 0 Å². The molecular formula is C24H31NO2. The molecule has 3 heteroatoms. The third-order valence-electron chi connectivity index (χ3n) is 5.27. The second-order valence-electron chi connectivity index (χ2n) is 8.17. The fourth-order valence-electron chi connectivity index (χ4n) is 3.91. The SMILES string of the molecule is Cc1cccc(C)c1N1CC(Cc2ccccc2OCC(C)C)CCC1=O. The molecule has 27 heavy (non-hydrogen) atoms. The van der Waals surface area contributed by atoms with Crippen molar-refractivity contribution in [1.82, 2.24) is 0 Å². The maximum absolute atomic E-state index is 12.6. The molecule has 1 aliphatic heterocycles. The van der Waals surface area contributed by atoms with Gasteiger partial charge in [-0.3, -0.25) is 4.79 Å². The van der Waals surface area contributed by atoms with Crippen LogP contribution in [0.4, 0.5) is 5.69 Å². The van der Waals surface area contributed by atoms with E-state index >= 15 is 0 Å². The molecule has 1 heterocycles. The van der Waals surface area contributed by atoms with Crippen LogP contribution < -0.4 is 9.64 Å². The van der Waals surface area contributed by atoms with Crippen LogP contribution in [0.1, 0.15) is 43.4 Å². The minimum Gasteiger partial charge on any atom is -0.493 e. The topological polar surface area (TPSA) is 29.5 Å². The quantitative estimate of drug-likeness (QED) is 0.693. The summed E-state index contributed by atoms with van der Waals surface area (Å²) >= 11 is 0. The third-order valence-corrected chi connectivity index (χ3v) is 5.27. The van der Waals surface area contributed by atoms with Crippen molar-refractivity contribution in [3.05, 3.63) is 59.2 Å². The normalized spacial score (nSPS) is 17.4. The largest absolute Gasteiger partial charge is 0.493 e. The molecule has 1 aliphatic rings. The van der Waals surface area contributed by atoms with Crippen molar-refractivity contribution in [2.75, 3.05) is 18.1 Å². The van der Waals surface area contributed by atoms with Gasteiger partial charge >= 0.3 is 0 Å². The zero-order valence-corrected chi connectivity index (χ0v) is 17.0. The first-order valence-corrected chi connectivity index (χ1v) is 10.0. The molecule has 2 aromatic carbocycles. The number of hydrogen-bond acceptors (Lipinski definition) is 2. The number of nitrogens with zero attached hydrogens (tertiary/aromatic N) is 1. The summed E-state index contributed by atoms with van der Waals surface area (Å²) in [5, 5.41) is 0. The Labute approximate surface area is 163 Å². The van der Waals surface area contributed by atoms with E-state index in [0.29, 0.717) is 18.3 Å². The van der Waals surface area contributed by atoms with E-state index in [2.05, 4.69) is 64.1 Å². The first-order valence-electron chi connectivity index (χ1n) is 10.0. The van der Waals surface area contributed by atoms with Gasteiger partial charge in [0, 0.05) is 18.7 Å². The molecule has 1 amide bonds. The Morgan fingerprint density at radius 2 is 1.78 bits per heavy atom. The summed E-state index contributed by atoms with van der Waals surface area (Å²) in [6.07, 6.45) is 2.51.